The van der Waals surface area contributed by atoms with Crippen molar-refractivity contribution >= 4 is 0 Å². The molecule has 0 aliphatic heterocycles. The highest BCUT2D eigenvalue weighted by Crippen LogP contribution is 2.30. The molecule has 0 bridgehead atoms. The molecule has 0 aliphatic rings. The normalized spacial score (nSPS) is 13.8. The zero-order chi connectivity index (χ0) is 14.9. The molecule has 1 N–H and O–H groups in total. The number of benzene rings is 1. The summed E-state index contributed by atoms with van der Waals surface area (Å²) < 4.78 is 6.01. The number of ether oxygens (including phenoxy) is 1. The molecule has 2 atom stereocenters. The summed E-state index contributed by atoms with van der Waals surface area (Å²) in [5.74, 6) is 0. The summed E-state index contributed by atoms with van der Waals surface area (Å²) in [6, 6.07) is 10.3. The van der Waals surface area contributed by atoms with Crippen molar-refractivity contribution in [2.24, 2.45) is 0 Å². The van der Waals surface area contributed by atoms with E-state index < -0.39 is 0 Å². The predicted octanol–water partition coefficient (Wildman–Crippen LogP) is 3.30. The fraction of sp³-hybridized carbons (Fsp3) is 0.412. The van der Waals surface area contributed by atoms with Crippen LogP contribution in [0.3, 0.4) is 0 Å². The van der Waals surface area contributed by atoms with E-state index in [9.17, 15) is 0 Å². The van der Waals surface area contributed by atoms with E-state index in [0.717, 1.165) is 24.2 Å². The number of hydrogen-bond donors (Lipinski definition) is 1. The maximum atomic E-state index is 6.01. The molecule has 0 aliphatic carbocycles. The van der Waals surface area contributed by atoms with E-state index in [4.69, 9.17) is 4.74 Å². The number of rotatable bonds is 8. The Labute approximate surface area is 126 Å². The van der Waals surface area contributed by atoms with Crippen LogP contribution in [0.4, 0.5) is 0 Å². The largest absolute Gasteiger partial charge is 0.372 e. The monoisotopic (exact) mass is 285 g/mol. The smallest absolute Gasteiger partial charge is 0.103 e. The lowest BCUT2D eigenvalue weighted by molar-refractivity contribution is 0.0315. The molecule has 1 aromatic carbocycles. The first-order chi connectivity index (χ1) is 10.4. The molecule has 2 unspecified atom stereocenters. The molecule has 1 aromatic heterocycles. The molecule has 0 saturated carbocycles. The maximum Gasteiger partial charge on any atom is 0.103 e. The molecule has 0 spiro atoms. The van der Waals surface area contributed by atoms with Crippen LogP contribution in [0.5, 0.6) is 0 Å². The minimum Gasteiger partial charge on any atom is -0.372 e. The molecule has 21 heavy (non-hydrogen) atoms. The van der Waals surface area contributed by atoms with Crippen molar-refractivity contribution in [1.82, 2.24) is 15.3 Å². The average Bonchev–Trinajstić information content (AvgIpc) is 2.56. The predicted molar refractivity (Wildman–Crippen MR) is 83.9 cm³/mol. The van der Waals surface area contributed by atoms with Gasteiger partial charge in [0.05, 0.1) is 17.9 Å². The van der Waals surface area contributed by atoms with Gasteiger partial charge >= 0.3 is 0 Å². The van der Waals surface area contributed by atoms with Crippen LogP contribution in [0.2, 0.25) is 0 Å². The van der Waals surface area contributed by atoms with E-state index in [1.165, 1.54) is 0 Å². The summed E-state index contributed by atoms with van der Waals surface area (Å²) >= 11 is 0. The first-order valence-corrected chi connectivity index (χ1v) is 7.52. The van der Waals surface area contributed by atoms with E-state index >= 15 is 0 Å². The van der Waals surface area contributed by atoms with Crippen molar-refractivity contribution in [3.05, 3.63) is 60.2 Å². The lowest BCUT2D eigenvalue weighted by Crippen LogP contribution is -2.30. The Balaban J connectivity index is 2.31. The van der Waals surface area contributed by atoms with Crippen LogP contribution in [-0.4, -0.2) is 23.1 Å². The topological polar surface area (TPSA) is 47.0 Å². The zero-order valence-electron chi connectivity index (χ0n) is 12.7. The van der Waals surface area contributed by atoms with Crippen molar-refractivity contribution in [2.45, 2.75) is 32.4 Å². The van der Waals surface area contributed by atoms with Crippen LogP contribution in [0.1, 0.15) is 43.7 Å². The summed E-state index contributed by atoms with van der Waals surface area (Å²) in [6.45, 7) is 5.74. The molecular formula is C17H23N3O. The minimum atomic E-state index is -0.0700. The van der Waals surface area contributed by atoms with Crippen LogP contribution >= 0.6 is 0 Å². The second kappa shape index (κ2) is 8.49. The molecule has 2 rings (SSSR count). The Kier molecular flexibility index (Phi) is 6.31. The van der Waals surface area contributed by atoms with Crippen LogP contribution in [0.15, 0.2) is 48.9 Å². The summed E-state index contributed by atoms with van der Waals surface area (Å²) in [6.07, 6.45) is 6.22. The number of aromatic nitrogens is 2. The standard InChI is InChI=1S/C17H23N3O/c1-3-10-20-16(15-13-18-11-12-19-15)17(21-4-2)14-8-6-5-7-9-14/h5-9,11-13,16-17,20H,3-4,10H2,1-2H3. The van der Waals surface area contributed by atoms with Gasteiger partial charge in [0.2, 0.25) is 0 Å². The molecule has 112 valence electrons. The number of hydrogen-bond acceptors (Lipinski definition) is 4. The van der Waals surface area contributed by atoms with Crippen molar-refractivity contribution < 1.29 is 4.74 Å². The lowest BCUT2D eigenvalue weighted by atomic mass is 9.99. The van der Waals surface area contributed by atoms with E-state index in [0.29, 0.717) is 6.61 Å². The Morgan fingerprint density at radius 3 is 2.57 bits per heavy atom. The second-order valence-electron chi connectivity index (χ2n) is 4.85. The van der Waals surface area contributed by atoms with Gasteiger partial charge in [0.15, 0.2) is 0 Å². The van der Waals surface area contributed by atoms with Gasteiger partial charge in [-0.1, -0.05) is 37.3 Å². The fourth-order valence-electron chi connectivity index (χ4n) is 2.34. The van der Waals surface area contributed by atoms with Gasteiger partial charge < -0.3 is 10.1 Å². The molecule has 1 heterocycles. The van der Waals surface area contributed by atoms with E-state index in [2.05, 4.69) is 34.3 Å². The van der Waals surface area contributed by atoms with Gasteiger partial charge in [-0.25, -0.2) is 0 Å². The van der Waals surface area contributed by atoms with E-state index in [-0.39, 0.29) is 12.1 Å². The van der Waals surface area contributed by atoms with Gasteiger partial charge in [-0.15, -0.1) is 0 Å². The molecule has 0 fully saturated rings. The number of nitrogens with zero attached hydrogens (tertiary/aromatic N) is 2. The first kappa shape index (κ1) is 15.6. The highest BCUT2D eigenvalue weighted by molar-refractivity contribution is 5.22. The third kappa shape index (κ3) is 4.34. The second-order valence-corrected chi connectivity index (χ2v) is 4.85. The summed E-state index contributed by atoms with van der Waals surface area (Å²) in [7, 11) is 0. The summed E-state index contributed by atoms with van der Waals surface area (Å²) in [4.78, 5) is 8.65. The molecule has 4 heteroatoms. The molecule has 0 amide bonds. The molecule has 0 saturated heterocycles. The molecule has 0 radical (unpaired) electrons. The third-order valence-corrected chi connectivity index (χ3v) is 3.29. The highest BCUT2D eigenvalue weighted by atomic mass is 16.5. The SMILES string of the molecule is CCCNC(c1cnccn1)C(OCC)c1ccccc1. The Morgan fingerprint density at radius 2 is 1.95 bits per heavy atom. The fourth-order valence-corrected chi connectivity index (χ4v) is 2.34. The van der Waals surface area contributed by atoms with Gasteiger partial charge in [0, 0.05) is 19.0 Å². The Bertz CT molecular complexity index is 504. The van der Waals surface area contributed by atoms with Gasteiger partial charge in [0.1, 0.15) is 6.10 Å². The Hall–Kier alpha value is -1.78. The van der Waals surface area contributed by atoms with E-state index in [1.807, 2.05) is 31.3 Å². The number of nitrogens with one attached hydrogen (secondary N) is 1. The van der Waals surface area contributed by atoms with Crippen molar-refractivity contribution in [1.29, 1.82) is 0 Å². The van der Waals surface area contributed by atoms with E-state index in [1.54, 1.807) is 12.4 Å². The lowest BCUT2D eigenvalue weighted by Gasteiger charge is -2.27. The van der Waals surface area contributed by atoms with Crippen molar-refractivity contribution in [2.75, 3.05) is 13.2 Å². The minimum absolute atomic E-state index is 0.000926. The summed E-state index contributed by atoms with van der Waals surface area (Å²) in [5.41, 5.74) is 2.06. The van der Waals surface area contributed by atoms with Crippen LogP contribution in [0.25, 0.3) is 0 Å². The summed E-state index contributed by atoms with van der Waals surface area (Å²) in [5, 5.41) is 3.54. The maximum absolute atomic E-state index is 6.01. The average molecular weight is 285 g/mol. The van der Waals surface area contributed by atoms with Crippen molar-refractivity contribution in [3.8, 4) is 0 Å². The van der Waals surface area contributed by atoms with Crippen molar-refractivity contribution in [3.63, 3.8) is 0 Å². The van der Waals surface area contributed by atoms with Crippen LogP contribution < -0.4 is 5.32 Å². The van der Waals surface area contributed by atoms with Crippen LogP contribution in [-0.2, 0) is 4.74 Å². The first-order valence-electron chi connectivity index (χ1n) is 7.52. The molecular weight excluding hydrogens is 262 g/mol. The highest BCUT2D eigenvalue weighted by Gasteiger charge is 2.26. The van der Waals surface area contributed by atoms with Gasteiger partial charge in [-0.2, -0.15) is 0 Å². The van der Waals surface area contributed by atoms with Gasteiger partial charge in [-0.05, 0) is 25.5 Å². The quantitative estimate of drug-likeness (QED) is 0.808. The van der Waals surface area contributed by atoms with Gasteiger partial charge in [-0.3, -0.25) is 9.97 Å². The molecule has 2 aromatic rings. The zero-order valence-corrected chi connectivity index (χ0v) is 12.7. The molecule has 4 nitrogen and oxygen atoms in total. The van der Waals surface area contributed by atoms with Crippen LogP contribution in [0, 0.1) is 0 Å². The third-order valence-electron chi connectivity index (χ3n) is 3.29. The van der Waals surface area contributed by atoms with Gasteiger partial charge in [0.25, 0.3) is 0 Å². The Morgan fingerprint density at radius 1 is 1.14 bits per heavy atom.